The molecule has 0 amide bonds. The van der Waals surface area contributed by atoms with Crippen molar-refractivity contribution in [2.45, 2.75) is 84.6 Å². The molecule has 2 rings (SSSR count). The lowest BCUT2D eigenvalue weighted by molar-refractivity contribution is -0.397. The quantitative estimate of drug-likeness (QED) is 0.523. The van der Waals surface area contributed by atoms with Crippen LogP contribution in [0.25, 0.3) is 0 Å². The Morgan fingerprint density at radius 3 is 1.86 bits per heavy atom. The van der Waals surface area contributed by atoms with Gasteiger partial charge in [-0.05, 0) is 40.5 Å². The maximum Gasteiger partial charge on any atom is 0.328 e. The van der Waals surface area contributed by atoms with Crippen LogP contribution < -0.4 is 0 Å². The Bertz CT molecular complexity index is 596. The molecule has 0 bridgehead atoms. The van der Waals surface area contributed by atoms with E-state index in [4.69, 9.17) is 18.9 Å². The summed E-state index contributed by atoms with van der Waals surface area (Å²) in [4.78, 5) is 25.4. The van der Waals surface area contributed by atoms with Gasteiger partial charge in [0, 0.05) is 17.9 Å². The Morgan fingerprint density at radius 2 is 1.48 bits per heavy atom. The molecule has 2 fully saturated rings. The van der Waals surface area contributed by atoms with Crippen molar-refractivity contribution in [2.75, 3.05) is 26.4 Å². The lowest BCUT2D eigenvalue weighted by Gasteiger charge is -2.62. The number of esters is 2. The molecule has 0 aromatic heterocycles. The van der Waals surface area contributed by atoms with Crippen LogP contribution in [0, 0.1) is 11.3 Å². The molecule has 2 aliphatic rings. The topological polar surface area (TPSA) is 94.5 Å². The van der Waals surface area contributed by atoms with Crippen LogP contribution in [0.5, 0.6) is 0 Å². The summed E-state index contributed by atoms with van der Waals surface area (Å²) in [6, 6.07) is 0. The molecule has 0 radical (unpaired) electrons. The Hall–Kier alpha value is -1.22. The van der Waals surface area contributed by atoms with E-state index in [1.165, 1.54) is 5.06 Å². The molecule has 0 saturated carbocycles. The maximum absolute atomic E-state index is 12.7. The first kappa shape index (κ1) is 24.1. The van der Waals surface area contributed by atoms with Crippen molar-refractivity contribution in [1.29, 1.82) is 0 Å². The number of hydrogen-bond donors (Lipinski definition) is 1. The molecule has 0 aromatic carbocycles. The highest BCUT2D eigenvalue weighted by molar-refractivity contribution is 6.00. The molecule has 8 heteroatoms. The molecule has 1 spiro atoms. The minimum atomic E-state index is -1.64. The van der Waals surface area contributed by atoms with Crippen molar-refractivity contribution in [1.82, 2.24) is 5.06 Å². The fourth-order valence-electron chi connectivity index (χ4n) is 4.55. The van der Waals surface area contributed by atoms with Crippen LogP contribution in [0.2, 0.25) is 0 Å². The first-order chi connectivity index (χ1) is 13.5. The SMILES string of the molecule is CCOC(=O)C1(C(=O)OCC)COC2(CC(C)(CC)N(O)C(C)(CC)C2C)OC1. The minimum absolute atomic E-state index is 0.142. The summed E-state index contributed by atoms with van der Waals surface area (Å²) in [5.41, 5.74) is -2.82. The first-order valence-electron chi connectivity index (χ1n) is 10.6. The minimum Gasteiger partial charge on any atom is -0.465 e. The summed E-state index contributed by atoms with van der Waals surface area (Å²) < 4.78 is 22.8. The van der Waals surface area contributed by atoms with Crippen molar-refractivity contribution < 1.29 is 33.7 Å². The van der Waals surface area contributed by atoms with E-state index in [9.17, 15) is 14.8 Å². The summed E-state index contributed by atoms with van der Waals surface area (Å²) in [5.74, 6) is -2.64. The molecule has 29 heavy (non-hydrogen) atoms. The van der Waals surface area contributed by atoms with Gasteiger partial charge in [0.25, 0.3) is 0 Å². The van der Waals surface area contributed by atoms with E-state index in [0.717, 1.165) is 0 Å². The van der Waals surface area contributed by atoms with E-state index >= 15 is 0 Å². The molecule has 1 N–H and O–H groups in total. The molecular weight excluding hydrogens is 378 g/mol. The zero-order valence-corrected chi connectivity index (χ0v) is 18.9. The molecule has 2 heterocycles. The van der Waals surface area contributed by atoms with Gasteiger partial charge in [-0.15, -0.1) is 0 Å². The van der Waals surface area contributed by atoms with Gasteiger partial charge in [0.15, 0.2) is 5.79 Å². The summed E-state index contributed by atoms with van der Waals surface area (Å²) >= 11 is 0. The van der Waals surface area contributed by atoms with Gasteiger partial charge in [0.2, 0.25) is 5.41 Å². The van der Waals surface area contributed by atoms with Gasteiger partial charge in [0.05, 0.1) is 32.0 Å². The standard InChI is InChI=1S/C21H37NO7/c1-8-18(6)12-21(15(5)19(7,9-2)22(18)25)28-13-20(14-29-21,16(23)26-10-3)17(24)27-11-4/h15,25H,8-14H2,1-7H3. The van der Waals surface area contributed by atoms with E-state index < -0.39 is 34.2 Å². The maximum atomic E-state index is 12.7. The Kier molecular flexibility index (Phi) is 7.04. The second-order valence-corrected chi connectivity index (χ2v) is 8.68. The molecule has 0 aromatic rings. The zero-order valence-electron chi connectivity index (χ0n) is 18.9. The second kappa shape index (κ2) is 8.49. The lowest BCUT2D eigenvalue weighted by Crippen LogP contribution is -2.74. The third kappa shape index (κ3) is 3.69. The highest BCUT2D eigenvalue weighted by atomic mass is 16.7. The molecule has 168 valence electrons. The van der Waals surface area contributed by atoms with Crippen LogP contribution in [0.4, 0.5) is 0 Å². The van der Waals surface area contributed by atoms with E-state index in [1.807, 2.05) is 34.6 Å². The van der Waals surface area contributed by atoms with Crippen molar-refractivity contribution in [2.24, 2.45) is 11.3 Å². The van der Waals surface area contributed by atoms with Crippen molar-refractivity contribution in [3.63, 3.8) is 0 Å². The van der Waals surface area contributed by atoms with Gasteiger partial charge in [-0.25, -0.2) is 0 Å². The molecule has 0 aliphatic carbocycles. The fourth-order valence-corrected chi connectivity index (χ4v) is 4.55. The predicted octanol–water partition coefficient (Wildman–Crippen LogP) is 2.91. The summed E-state index contributed by atoms with van der Waals surface area (Å²) in [5, 5.41) is 12.5. The van der Waals surface area contributed by atoms with Gasteiger partial charge >= 0.3 is 11.9 Å². The number of nitrogens with zero attached hydrogens (tertiary/aromatic N) is 1. The molecule has 2 saturated heterocycles. The first-order valence-corrected chi connectivity index (χ1v) is 10.6. The summed E-state index contributed by atoms with van der Waals surface area (Å²) in [6.45, 7) is 13.2. The number of piperidine rings is 1. The normalized spacial score (nSPS) is 34.0. The van der Waals surface area contributed by atoms with Gasteiger partial charge < -0.3 is 24.2 Å². The highest BCUT2D eigenvalue weighted by Gasteiger charge is 2.65. The van der Waals surface area contributed by atoms with Gasteiger partial charge in [-0.2, -0.15) is 5.06 Å². The summed E-state index contributed by atoms with van der Waals surface area (Å²) in [7, 11) is 0. The molecule has 3 unspecified atom stereocenters. The van der Waals surface area contributed by atoms with E-state index in [2.05, 4.69) is 0 Å². The number of rotatable bonds is 6. The average Bonchev–Trinajstić information content (AvgIpc) is 2.72. The van der Waals surface area contributed by atoms with Crippen molar-refractivity contribution >= 4 is 11.9 Å². The number of hydrogen-bond acceptors (Lipinski definition) is 8. The van der Waals surface area contributed by atoms with Crippen LogP contribution in [-0.2, 0) is 28.5 Å². The third-order valence-electron chi connectivity index (χ3n) is 7.15. The monoisotopic (exact) mass is 415 g/mol. The Labute approximate surface area is 173 Å². The van der Waals surface area contributed by atoms with Gasteiger partial charge in [-0.1, -0.05) is 20.8 Å². The van der Waals surface area contributed by atoms with Gasteiger partial charge in [0.1, 0.15) is 0 Å². The molecule has 3 atom stereocenters. The van der Waals surface area contributed by atoms with Crippen molar-refractivity contribution in [3.05, 3.63) is 0 Å². The number of hydroxylamine groups is 2. The third-order valence-corrected chi connectivity index (χ3v) is 7.15. The van der Waals surface area contributed by atoms with Crippen LogP contribution >= 0.6 is 0 Å². The largest absolute Gasteiger partial charge is 0.465 e. The summed E-state index contributed by atoms with van der Waals surface area (Å²) in [6.07, 6.45) is 1.77. The van der Waals surface area contributed by atoms with Crippen molar-refractivity contribution in [3.8, 4) is 0 Å². The molecule has 8 nitrogen and oxygen atoms in total. The van der Waals surface area contributed by atoms with Gasteiger partial charge in [-0.3, -0.25) is 9.59 Å². The number of carbonyl (C=O) groups is 2. The Balaban J connectivity index is 2.40. The Morgan fingerprint density at radius 1 is 1.00 bits per heavy atom. The van der Waals surface area contributed by atoms with E-state index in [-0.39, 0.29) is 32.3 Å². The number of carbonyl (C=O) groups excluding carboxylic acids is 2. The predicted molar refractivity (Wildman–Crippen MR) is 105 cm³/mol. The van der Waals surface area contributed by atoms with Crippen LogP contribution in [-0.4, -0.2) is 65.5 Å². The molecular formula is C21H37NO7. The average molecular weight is 416 g/mol. The fraction of sp³-hybridized carbons (Fsp3) is 0.905. The van der Waals surface area contributed by atoms with E-state index in [0.29, 0.717) is 19.3 Å². The van der Waals surface area contributed by atoms with Crippen LogP contribution in [0.3, 0.4) is 0 Å². The second-order valence-electron chi connectivity index (χ2n) is 8.68. The molecule has 2 aliphatic heterocycles. The smallest absolute Gasteiger partial charge is 0.328 e. The highest BCUT2D eigenvalue weighted by Crippen LogP contribution is 2.53. The van der Waals surface area contributed by atoms with E-state index in [1.54, 1.807) is 13.8 Å². The van der Waals surface area contributed by atoms with Crippen LogP contribution in [0.15, 0.2) is 0 Å². The van der Waals surface area contributed by atoms with Crippen LogP contribution in [0.1, 0.15) is 67.7 Å². The lowest BCUT2D eigenvalue weighted by atomic mass is 9.67. The number of ether oxygens (including phenoxy) is 4. The zero-order chi connectivity index (χ0) is 22.1.